The van der Waals surface area contributed by atoms with Crippen molar-refractivity contribution in [2.45, 2.75) is 32.1 Å². The minimum atomic E-state index is -0.285. The quantitative estimate of drug-likeness (QED) is 0.786. The van der Waals surface area contributed by atoms with E-state index in [1.165, 1.54) is 0 Å². The second-order valence-electron chi connectivity index (χ2n) is 4.41. The zero-order valence-corrected chi connectivity index (χ0v) is 10.5. The molecule has 0 aliphatic heterocycles. The largest absolute Gasteiger partial charge is 0.495 e. The molecule has 1 aromatic rings. The number of nitrogens with zero attached hydrogens (tertiary/aromatic N) is 1. The molecular formula is C13H14ClNO. The number of benzene rings is 1. The van der Waals surface area contributed by atoms with Crippen LogP contribution >= 0.6 is 11.6 Å². The van der Waals surface area contributed by atoms with Gasteiger partial charge < -0.3 is 4.74 Å². The Morgan fingerprint density at radius 2 is 2.06 bits per heavy atom. The summed E-state index contributed by atoms with van der Waals surface area (Å²) < 4.78 is 5.32. The van der Waals surface area contributed by atoms with Gasteiger partial charge in [-0.1, -0.05) is 17.7 Å². The van der Waals surface area contributed by atoms with Gasteiger partial charge in [0, 0.05) is 0 Å². The monoisotopic (exact) mass is 235 g/mol. The lowest BCUT2D eigenvalue weighted by atomic mass is 9.91. The van der Waals surface area contributed by atoms with Gasteiger partial charge in [0.05, 0.1) is 23.6 Å². The van der Waals surface area contributed by atoms with E-state index in [9.17, 15) is 5.26 Å². The lowest BCUT2D eigenvalue weighted by Crippen LogP contribution is -2.07. The van der Waals surface area contributed by atoms with Crippen molar-refractivity contribution in [3.63, 3.8) is 0 Å². The van der Waals surface area contributed by atoms with Crippen LogP contribution in [-0.2, 0) is 5.41 Å². The van der Waals surface area contributed by atoms with Crippen LogP contribution in [0.2, 0.25) is 5.02 Å². The molecule has 1 saturated carbocycles. The van der Waals surface area contributed by atoms with Gasteiger partial charge in [0.25, 0.3) is 0 Å². The summed E-state index contributed by atoms with van der Waals surface area (Å²) in [6.07, 6.45) is 1.88. The van der Waals surface area contributed by atoms with E-state index in [1.807, 2.05) is 19.9 Å². The average Bonchev–Trinajstić information content (AvgIpc) is 3.05. The van der Waals surface area contributed by atoms with Gasteiger partial charge in [-0.2, -0.15) is 5.26 Å². The van der Waals surface area contributed by atoms with Crippen molar-refractivity contribution < 1.29 is 4.74 Å². The molecule has 0 saturated heterocycles. The first-order chi connectivity index (χ1) is 7.55. The molecular weight excluding hydrogens is 222 g/mol. The third-order valence-electron chi connectivity index (χ3n) is 3.33. The number of nitriles is 1. The summed E-state index contributed by atoms with van der Waals surface area (Å²) in [5.74, 6) is 0.707. The van der Waals surface area contributed by atoms with E-state index in [-0.39, 0.29) is 5.41 Å². The first-order valence-corrected chi connectivity index (χ1v) is 5.69. The molecule has 84 valence electrons. The summed E-state index contributed by atoms with van der Waals surface area (Å²) in [4.78, 5) is 0. The molecule has 1 aliphatic rings. The van der Waals surface area contributed by atoms with Gasteiger partial charge in [-0.3, -0.25) is 0 Å². The minimum absolute atomic E-state index is 0.285. The summed E-state index contributed by atoms with van der Waals surface area (Å²) in [7, 11) is 1.61. The second-order valence-corrected chi connectivity index (χ2v) is 4.79. The molecule has 2 nitrogen and oxygen atoms in total. The average molecular weight is 236 g/mol. The Bertz CT molecular complexity index is 484. The molecule has 0 heterocycles. The van der Waals surface area contributed by atoms with Crippen molar-refractivity contribution >= 4 is 11.6 Å². The predicted molar refractivity (Wildman–Crippen MR) is 64.0 cm³/mol. The molecule has 16 heavy (non-hydrogen) atoms. The standard InChI is InChI=1S/C13H14ClNO/c1-8-6-10(13(7-15)4-5-13)9(2)12(16-3)11(8)14/h6H,4-5H2,1-3H3. The van der Waals surface area contributed by atoms with Crippen LogP contribution in [0.5, 0.6) is 5.75 Å². The summed E-state index contributed by atoms with van der Waals surface area (Å²) in [5, 5.41) is 9.88. The van der Waals surface area contributed by atoms with Crippen LogP contribution in [0.4, 0.5) is 0 Å². The van der Waals surface area contributed by atoms with Crippen LogP contribution in [0.3, 0.4) is 0 Å². The zero-order chi connectivity index (χ0) is 11.9. The van der Waals surface area contributed by atoms with E-state index in [0.29, 0.717) is 10.8 Å². The van der Waals surface area contributed by atoms with E-state index >= 15 is 0 Å². The van der Waals surface area contributed by atoms with Crippen LogP contribution < -0.4 is 4.74 Å². The van der Waals surface area contributed by atoms with E-state index < -0.39 is 0 Å². The van der Waals surface area contributed by atoms with Crippen molar-refractivity contribution in [2.24, 2.45) is 0 Å². The molecule has 2 rings (SSSR count). The van der Waals surface area contributed by atoms with Crippen LogP contribution in [0.15, 0.2) is 6.07 Å². The van der Waals surface area contributed by atoms with Crippen molar-refractivity contribution in [3.05, 3.63) is 27.8 Å². The molecule has 0 N–H and O–H groups in total. The summed E-state index contributed by atoms with van der Waals surface area (Å²) in [5.41, 5.74) is 2.76. The SMILES string of the molecule is COc1c(C)c(C2(C#N)CC2)cc(C)c1Cl. The highest BCUT2D eigenvalue weighted by Crippen LogP contribution is 2.51. The Balaban J connectivity index is 2.65. The topological polar surface area (TPSA) is 33.0 Å². The number of halogens is 1. The lowest BCUT2D eigenvalue weighted by molar-refractivity contribution is 0.410. The van der Waals surface area contributed by atoms with Crippen LogP contribution in [0, 0.1) is 25.2 Å². The normalized spacial score (nSPS) is 16.7. The number of rotatable bonds is 2. The molecule has 0 radical (unpaired) electrons. The lowest BCUT2D eigenvalue weighted by Gasteiger charge is -2.17. The van der Waals surface area contributed by atoms with E-state index in [1.54, 1.807) is 7.11 Å². The maximum absolute atomic E-state index is 9.23. The highest BCUT2D eigenvalue weighted by atomic mass is 35.5. The maximum Gasteiger partial charge on any atom is 0.140 e. The summed E-state index contributed by atoms with van der Waals surface area (Å²) in [6.45, 7) is 3.91. The third-order valence-corrected chi connectivity index (χ3v) is 3.80. The Morgan fingerprint density at radius 3 is 2.50 bits per heavy atom. The molecule has 0 amide bonds. The summed E-state index contributed by atoms with van der Waals surface area (Å²) >= 11 is 6.18. The second kappa shape index (κ2) is 3.68. The zero-order valence-electron chi connectivity index (χ0n) is 9.72. The van der Waals surface area contributed by atoms with Crippen LogP contribution in [0.25, 0.3) is 0 Å². The predicted octanol–water partition coefficient (Wildman–Crippen LogP) is 3.52. The first-order valence-electron chi connectivity index (χ1n) is 5.31. The van der Waals surface area contributed by atoms with Gasteiger partial charge in [0.1, 0.15) is 5.75 Å². The molecule has 1 aliphatic carbocycles. The van der Waals surface area contributed by atoms with E-state index in [2.05, 4.69) is 6.07 Å². The fourth-order valence-corrected chi connectivity index (χ4v) is 2.43. The Morgan fingerprint density at radius 1 is 1.44 bits per heavy atom. The Kier molecular flexibility index (Phi) is 2.59. The van der Waals surface area contributed by atoms with Gasteiger partial charge in [-0.15, -0.1) is 0 Å². The van der Waals surface area contributed by atoms with Gasteiger partial charge in [0.2, 0.25) is 0 Å². The Labute approximate surface area is 101 Å². The van der Waals surface area contributed by atoms with Gasteiger partial charge in [-0.05, 0) is 43.4 Å². The number of ether oxygens (including phenoxy) is 1. The van der Waals surface area contributed by atoms with E-state index in [4.69, 9.17) is 16.3 Å². The smallest absolute Gasteiger partial charge is 0.140 e. The molecule has 0 unspecified atom stereocenters. The molecule has 0 spiro atoms. The number of hydrogen-bond acceptors (Lipinski definition) is 2. The van der Waals surface area contributed by atoms with Crippen molar-refractivity contribution in [3.8, 4) is 11.8 Å². The fourth-order valence-electron chi connectivity index (χ4n) is 2.16. The van der Waals surface area contributed by atoms with Crippen molar-refractivity contribution in [1.29, 1.82) is 5.26 Å². The molecule has 1 fully saturated rings. The van der Waals surface area contributed by atoms with Crippen LogP contribution in [0.1, 0.15) is 29.5 Å². The number of hydrogen-bond donors (Lipinski definition) is 0. The minimum Gasteiger partial charge on any atom is -0.495 e. The van der Waals surface area contributed by atoms with Gasteiger partial charge in [-0.25, -0.2) is 0 Å². The molecule has 0 bridgehead atoms. The molecule has 3 heteroatoms. The fraction of sp³-hybridized carbons (Fsp3) is 0.462. The highest BCUT2D eigenvalue weighted by molar-refractivity contribution is 6.33. The number of methoxy groups -OCH3 is 1. The van der Waals surface area contributed by atoms with Crippen molar-refractivity contribution in [1.82, 2.24) is 0 Å². The molecule has 0 aromatic heterocycles. The van der Waals surface area contributed by atoms with Gasteiger partial charge in [0.15, 0.2) is 0 Å². The number of aryl methyl sites for hydroxylation is 1. The Hall–Kier alpha value is -1.20. The highest BCUT2D eigenvalue weighted by Gasteiger charge is 2.46. The first kappa shape index (κ1) is 11.3. The van der Waals surface area contributed by atoms with Crippen molar-refractivity contribution in [2.75, 3.05) is 7.11 Å². The van der Waals surface area contributed by atoms with E-state index in [0.717, 1.165) is 29.5 Å². The third kappa shape index (κ3) is 1.47. The van der Waals surface area contributed by atoms with Gasteiger partial charge >= 0.3 is 0 Å². The molecule has 0 atom stereocenters. The maximum atomic E-state index is 9.23. The summed E-state index contributed by atoms with van der Waals surface area (Å²) in [6, 6.07) is 4.43. The van der Waals surface area contributed by atoms with Crippen LogP contribution in [-0.4, -0.2) is 7.11 Å². The molecule has 1 aromatic carbocycles.